The maximum Gasteiger partial charge on any atom is 0.230 e. The predicted molar refractivity (Wildman–Crippen MR) is 95.8 cm³/mol. The minimum Gasteiger partial charge on any atom is -0.444 e. The Balaban J connectivity index is 2.15. The molecule has 130 valence electrons. The molecule has 0 fully saturated rings. The lowest BCUT2D eigenvalue weighted by Crippen LogP contribution is -2.37. The van der Waals surface area contributed by atoms with Gasteiger partial charge in [0.1, 0.15) is 5.76 Å². The number of carbonyl (C=O) groups is 1. The Labute approximate surface area is 144 Å². The van der Waals surface area contributed by atoms with Crippen LogP contribution in [0.2, 0.25) is 0 Å². The third-order valence-corrected chi connectivity index (χ3v) is 3.99. The van der Waals surface area contributed by atoms with Gasteiger partial charge in [0.25, 0.3) is 0 Å². The van der Waals surface area contributed by atoms with Gasteiger partial charge in [0.2, 0.25) is 5.91 Å². The summed E-state index contributed by atoms with van der Waals surface area (Å²) in [5.41, 5.74) is 1.77. The number of benzene rings is 1. The fourth-order valence-corrected chi connectivity index (χ4v) is 2.49. The standard InChI is InChI=1S/C20H28N2O2/c1-14(2)22(13-16-10-8-7-9-11-16)18(23)12-17-15(3)21-19(24-17)20(4,5)6/h7-11,14H,12-13H2,1-6H3. The average molecular weight is 328 g/mol. The van der Waals surface area contributed by atoms with Crippen LogP contribution in [-0.2, 0) is 23.2 Å². The lowest BCUT2D eigenvalue weighted by atomic mass is 9.97. The number of hydrogen-bond donors (Lipinski definition) is 0. The molecular weight excluding hydrogens is 300 g/mol. The van der Waals surface area contributed by atoms with Crippen molar-refractivity contribution in [2.24, 2.45) is 0 Å². The van der Waals surface area contributed by atoms with Crippen molar-refractivity contribution in [1.82, 2.24) is 9.88 Å². The minimum atomic E-state index is -0.159. The third-order valence-electron chi connectivity index (χ3n) is 3.99. The van der Waals surface area contributed by atoms with Crippen LogP contribution in [-0.4, -0.2) is 21.8 Å². The van der Waals surface area contributed by atoms with Crippen molar-refractivity contribution < 1.29 is 9.21 Å². The van der Waals surface area contributed by atoms with Crippen molar-refractivity contribution in [2.45, 2.75) is 66.0 Å². The topological polar surface area (TPSA) is 46.3 Å². The van der Waals surface area contributed by atoms with Gasteiger partial charge in [0.15, 0.2) is 5.89 Å². The number of aromatic nitrogens is 1. The van der Waals surface area contributed by atoms with E-state index in [0.29, 0.717) is 18.2 Å². The van der Waals surface area contributed by atoms with Crippen LogP contribution in [0, 0.1) is 6.92 Å². The molecule has 0 bridgehead atoms. The van der Waals surface area contributed by atoms with Crippen molar-refractivity contribution in [1.29, 1.82) is 0 Å². The first-order chi connectivity index (χ1) is 11.2. The van der Waals surface area contributed by atoms with E-state index >= 15 is 0 Å². The van der Waals surface area contributed by atoms with Crippen LogP contribution in [0.5, 0.6) is 0 Å². The van der Waals surface area contributed by atoms with Gasteiger partial charge in [-0.2, -0.15) is 0 Å². The summed E-state index contributed by atoms with van der Waals surface area (Å²) in [7, 11) is 0. The molecule has 4 nitrogen and oxygen atoms in total. The summed E-state index contributed by atoms with van der Waals surface area (Å²) >= 11 is 0. The molecule has 0 unspecified atom stereocenters. The molecule has 2 aromatic rings. The number of hydrogen-bond acceptors (Lipinski definition) is 3. The van der Waals surface area contributed by atoms with E-state index in [2.05, 4.69) is 25.8 Å². The number of aryl methyl sites for hydroxylation is 1. The Morgan fingerprint density at radius 1 is 1.21 bits per heavy atom. The normalized spacial score (nSPS) is 11.8. The highest BCUT2D eigenvalue weighted by Gasteiger charge is 2.25. The number of amides is 1. The van der Waals surface area contributed by atoms with Crippen LogP contribution >= 0.6 is 0 Å². The highest BCUT2D eigenvalue weighted by atomic mass is 16.4. The van der Waals surface area contributed by atoms with Crippen LogP contribution in [0.15, 0.2) is 34.7 Å². The van der Waals surface area contributed by atoms with Crippen LogP contribution in [0.4, 0.5) is 0 Å². The smallest absolute Gasteiger partial charge is 0.230 e. The molecule has 1 amide bonds. The zero-order chi connectivity index (χ0) is 17.9. The van der Waals surface area contributed by atoms with Crippen molar-refractivity contribution in [3.05, 3.63) is 53.2 Å². The zero-order valence-electron chi connectivity index (χ0n) is 15.6. The highest BCUT2D eigenvalue weighted by molar-refractivity contribution is 5.78. The van der Waals surface area contributed by atoms with Gasteiger partial charge in [-0.1, -0.05) is 51.1 Å². The van der Waals surface area contributed by atoms with E-state index in [1.807, 2.05) is 56.0 Å². The van der Waals surface area contributed by atoms with Crippen molar-refractivity contribution in [3.8, 4) is 0 Å². The summed E-state index contributed by atoms with van der Waals surface area (Å²) < 4.78 is 5.87. The number of oxazole rings is 1. The summed E-state index contributed by atoms with van der Waals surface area (Å²) in [6.07, 6.45) is 0.250. The Hall–Kier alpha value is -2.10. The molecule has 0 N–H and O–H groups in total. The van der Waals surface area contributed by atoms with Gasteiger partial charge >= 0.3 is 0 Å². The van der Waals surface area contributed by atoms with Gasteiger partial charge in [0, 0.05) is 18.0 Å². The van der Waals surface area contributed by atoms with E-state index in [9.17, 15) is 4.79 Å². The Bertz CT molecular complexity index is 681. The number of nitrogens with zero attached hydrogens (tertiary/aromatic N) is 2. The summed E-state index contributed by atoms with van der Waals surface area (Å²) in [4.78, 5) is 19.2. The summed E-state index contributed by atoms with van der Waals surface area (Å²) in [6, 6.07) is 10.2. The second-order valence-electron chi connectivity index (χ2n) is 7.56. The van der Waals surface area contributed by atoms with E-state index in [-0.39, 0.29) is 23.8 Å². The maximum absolute atomic E-state index is 12.8. The first-order valence-corrected chi connectivity index (χ1v) is 8.48. The molecule has 0 aliphatic carbocycles. The molecule has 0 spiro atoms. The molecule has 4 heteroatoms. The van der Waals surface area contributed by atoms with E-state index in [0.717, 1.165) is 11.3 Å². The van der Waals surface area contributed by atoms with Crippen LogP contribution in [0.25, 0.3) is 0 Å². The van der Waals surface area contributed by atoms with Gasteiger partial charge in [-0.25, -0.2) is 4.98 Å². The molecular formula is C20H28N2O2. The maximum atomic E-state index is 12.8. The largest absolute Gasteiger partial charge is 0.444 e. The SMILES string of the molecule is Cc1nc(C(C)(C)C)oc1CC(=O)N(Cc1ccccc1)C(C)C. The van der Waals surface area contributed by atoms with Gasteiger partial charge in [0.05, 0.1) is 12.1 Å². The van der Waals surface area contributed by atoms with Crippen molar-refractivity contribution in [2.75, 3.05) is 0 Å². The molecule has 0 atom stereocenters. The van der Waals surface area contributed by atoms with Gasteiger partial charge in [-0.05, 0) is 26.3 Å². The van der Waals surface area contributed by atoms with Crippen LogP contribution < -0.4 is 0 Å². The second kappa shape index (κ2) is 7.20. The molecule has 0 saturated carbocycles. The number of carbonyl (C=O) groups excluding carboxylic acids is 1. The minimum absolute atomic E-state index is 0.0635. The molecule has 0 aliphatic heterocycles. The average Bonchev–Trinajstić information content (AvgIpc) is 2.86. The molecule has 1 heterocycles. The van der Waals surface area contributed by atoms with Crippen LogP contribution in [0.1, 0.15) is 57.5 Å². The summed E-state index contributed by atoms with van der Waals surface area (Å²) in [6.45, 7) is 12.7. The molecule has 24 heavy (non-hydrogen) atoms. The second-order valence-corrected chi connectivity index (χ2v) is 7.56. The van der Waals surface area contributed by atoms with Gasteiger partial charge in [-0.15, -0.1) is 0 Å². The zero-order valence-corrected chi connectivity index (χ0v) is 15.6. The predicted octanol–water partition coefficient (Wildman–Crippen LogP) is 4.26. The van der Waals surface area contributed by atoms with Crippen molar-refractivity contribution >= 4 is 5.91 Å². The van der Waals surface area contributed by atoms with Gasteiger partial charge < -0.3 is 9.32 Å². The summed E-state index contributed by atoms with van der Waals surface area (Å²) in [5.74, 6) is 1.42. The lowest BCUT2D eigenvalue weighted by molar-refractivity contribution is -0.133. The molecule has 0 aliphatic rings. The fourth-order valence-electron chi connectivity index (χ4n) is 2.49. The lowest BCUT2D eigenvalue weighted by Gasteiger charge is -2.26. The summed E-state index contributed by atoms with van der Waals surface area (Å²) in [5, 5.41) is 0. The van der Waals surface area contributed by atoms with Crippen LogP contribution in [0.3, 0.4) is 0 Å². The molecule has 0 saturated heterocycles. The molecule has 1 aromatic carbocycles. The monoisotopic (exact) mass is 328 g/mol. The third kappa shape index (κ3) is 4.47. The van der Waals surface area contributed by atoms with Crippen molar-refractivity contribution in [3.63, 3.8) is 0 Å². The van der Waals surface area contributed by atoms with E-state index in [4.69, 9.17) is 4.42 Å². The van der Waals surface area contributed by atoms with Gasteiger partial charge in [-0.3, -0.25) is 4.79 Å². The Morgan fingerprint density at radius 2 is 1.83 bits per heavy atom. The molecule has 2 rings (SSSR count). The first-order valence-electron chi connectivity index (χ1n) is 8.48. The first kappa shape index (κ1) is 18.2. The molecule has 1 aromatic heterocycles. The Morgan fingerprint density at radius 3 is 2.33 bits per heavy atom. The molecule has 0 radical (unpaired) electrons. The van der Waals surface area contributed by atoms with E-state index < -0.39 is 0 Å². The van der Waals surface area contributed by atoms with E-state index in [1.165, 1.54) is 0 Å². The highest BCUT2D eigenvalue weighted by Crippen LogP contribution is 2.24. The quantitative estimate of drug-likeness (QED) is 0.824. The number of rotatable bonds is 5. The fraction of sp³-hybridized carbons (Fsp3) is 0.500. The Kier molecular flexibility index (Phi) is 5.47. The van der Waals surface area contributed by atoms with E-state index in [1.54, 1.807) is 0 Å².